The van der Waals surface area contributed by atoms with Gasteiger partial charge in [-0.2, -0.15) is 0 Å². The summed E-state index contributed by atoms with van der Waals surface area (Å²) in [5.41, 5.74) is 0.497. The van der Waals surface area contributed by atoms with Crippen molar-refractivity contribution < 1.29 is 4.79 Å². The van der Waals surface area contributed by atoms with E-state index in [4.69, 9.17) is 0 Å². The van der Waals surface area contributed by atoms with E-state index < -0.39 is 0 Å². The van der Waals surface area contributed by atoms with Crippen LogP contribution in [-0.4, -0.2) is 17.0 Å². The Kier molecular flexibility index (Phi) is 5.59. The fourth-order valence-corrected chi connectivity index (χ4v) is 2.16. The number of amides is 1. The number of nitrogens with zero attached hydrogens (tertiary/aromatic N) is 1. The Labute approximate surface area is 116 Å². The molecule has 0 radical (unpaired) electrons. The molecular formula is C13H19BrN2O2. The van der Waals surface area contributed by atoms with E-state index in [1.807, 2.05) is 0 Å². The summed E-state index contributed by atoms with van der Waals surface area (Å²) in [4.78, 5) is 23.5. The fourth-order valence-electron chi connectivity index (χ4n) is 1.57. The number of pyridine rings is 1. The maximum absolute atomic E-state index is 11.8. The maximum atomic E-state index is 11.8. The minimum atomic E-state index is -0.129. The Hall–Kier alpha value is -1.10. The van der Waals surface area contributed by atoms with Crippen LogP contribution in [-0.2, 0) is 11.3 Å². The lowest BCUT2D eigenvalue weighted by molar-refractivity contribution is -0.121. The molecule has 0 atom stereocenters. The summed E-state index contributed by atoms with van der Waals surface area (Å²) in [5, 5.41) is 2.81. The Morgan fingerprint density at radius 2 is 2.17 bits per heavy atom. The summed E-state index contributed by atoms with van der Waals surface area (Å²) < 4.78 is 2.22. The third-order valence-corrected chi connectivity index (χ3v) is 3.02. The minimum Gasteiger partial charge on any atom is -0.355 e. The third kappa shape index (κ3) is 4.64. The van der Waals surface area contributed by atoms with Crippen molar-refractivity contribution in [1.29, 1.82) is 0 Å². The molecule has 0 aliphatic heterocycles. The smallest absolute Gasteiger partial charge is 0.253 e. The summed E-state index contributed by atoms with van der Waals surface area (Å²) in [6.45, 7) is 6.67. The SMILES string of the molecule is Cc1cc(Br)cn(CC(=O)NCCC(C)C)c1=O. The molecule has 0 spiro atoms. The van der Waals surface area contributed by atoms with Gasteiger partial charge in [-0.3, -0.25) is 9.59 Å². The summed E-state index contributed by atoms with van der Waals surface area (Å²) in [6.07, 6.45) is 2.58. The molecule has 4 nitrogen and oxygen atoms in total. The molecule has 1 aromatic heterocycles. The summed E-state index contributed by atoms with van der Waals surface area (Å²) in [7, 11) is 0. The number of aromatic nitrogens is 1. The number of hydrogen-bond donors (Lipinski definition) is 1. The molecule has 1 amide bonds. The monoisotopic (exact) mass is 314 g/mol. The van der Waals surface area contributed by atoms with Crippen LogP contribution in [0.25, 0.3) is 0 Å². The van der Waals surface area contributed by atoms with Crippen LogP contribution in [0, 0.1) is 12.8 Å². The van der Waals surface area contributed by atoms with Gasteiger partial charge < -0.3 is 9.88 Å². The topological polar surface area (TPSA) is 51.1 Å². The Balaban J connectivity index is 2.62. The number of hydrogen-bond acceptors (Lipinski definition) is 2. The number of halogens is 1. The molecule has 1 aromatic rings. The third-order valence-electron chi connectivity index (χ3n) is 2.59. The highest BCUT2D eigenvalue weighted by Gasteiger charge is 2.07. The predicted octanol–water partition coefficient (Wildman–Crippen LogP) is 2.08. The first-order chi connectivity index (χ1) is 8.40. The summed E-state index contributed by atoms with van der Waals surface area (Å²) >= 11 is 3.32. The highest BCUT2D eigenvalue weighted by Crippen LogP contribution is 2.07. The standard InChI is InChI=1S/C13H19BrN2O2/c1-9(2)4-5-15-12(17)8-16-7-11(14)6-10(3)13(16)18/h6-7,9H,4-5,8H2,1-3H3,(H,15,17). The zero-order valence-electron chi connectivity index (χ0n) is 11.0. The maximum Gasteiger partial charge on any atom is 0.253 e. The molecule has 0 bridgehead atoms. The van der Waals surface area contributed by atoms with Gasteiger partial charge in [0.15, 0.2) is 0 Å². The number of carbonyl (C=O) groups excluding carboxylic acids is 1. The van der Waals surface area contributed by atoms with Gasteiger partial charge in [-0.05, 0) is 41.3 Å². The Morgan fingerprint density at radius 1 is 1.50 bits per heavy atom. The van der Waals surface area contributed by atoms with Crippen molar-refractivity contribution in [3.63, 3.8) is 0 Å². The second-order valence-corrected chi connectivity index (χ2v) is 5.72. The van der Waals surface area contributed by atoms with E-state index in [0.29, 0.717) is 18.0 Å². The minimum absolute atomic E-state index is 0.0667. The van der Waals surface area contributed by atoms with E-state index >= 15 is 0 Å². The van der Waals surface area contributed by atoms with Crippen LogP contribution in [0.4, 0.5) is 0 Å². The van der Waals surface area contributed by atoms with E-state index in [9.17, 15) is 9.59 Å². The summed E-state index contributed by atoms with van der Waals surface area (Å²) in [6, 6.07) is 1.75. The van der Waals surface area contributed by atoms with Gasteiger partial charge in [0.1, 0.15) is 6.54 Å². The van der Waals surface area contributed by atoms with Gasteiger partial charge in [0, 0.05) is 22.8 Å². The van der Waals surface area contributed by atoms with Crippen LogP contribution < -0.4 is 10.9 Å². The zero-order chi connectivity index (χ0) is 13.7. The fraction of sp³-hybridized carbons (Fsp3) is 0.538. The molecule has 0 saturated carbocycles. The first kappa shape index (κ1) is 15.0. The lowest BCUT2D eigenvalue weighted by Gasteiger charge is -2.09. The first-order valence-corrected chi connectivity index (χ1v) is 6.82. The molecule has 0 saturated heterocycles. The average Bonchev–Trinajstić information content (AvgIpc) is 2.24. The number of rotatable bonds is 5. The Bertz CT molecular complexity index is 480. The molecule has 1 N–H and O–H groups in total. The van der Waals surface area contributed by atoms with Crippen molar-refractivity contribution in [2.45, 2.75) is 33.7 Å². The van der Waals surface area contributed by atoms with Crippen molar-refractivity contribution >= 4 is 21.8 Å². The van der Waals surface area contributed by atoms with Crippen molar-refractivity contribution in [3.05, 3.63) is 32.7 Å². The normalized spacial score (nSPS) is 10.7. The number of nitrogens with one attached hydrogen (secondary N) is 1. The second-order valence-electron chi connectivity index (χ2n) is 4.81. The molecule has 1 rings (SSSR count). The molecule has 0 aliphatic carbocycles. The van der Waals surface area contributed by atoms with Gasteiger partial charge in [-0.25, -0.2) is 0 Å². The molecule has 5 heteroatoms. The van der Waals surface area contributed by atoms with Crippen LogP contribution in [0.15, 0.2) is 21.5 Å². The van der Waals surface area contributed by atoms with Gasteiger partial charge in [-0.1, -0.05) is 13.8 Å². The molecule has 1 heterocycles. The van der Waals surface area contributed by atoms with Gasteiger partial charge in [0.05, 0.1) is 0 Å². The molecule has 18 heavy (non-hydrogen) atoms. The lowest BCUT2D eigenvalue weighted by atomic mass is 10.1. The average molecular weight is 315 g/mol. The van der Waals surface area contributed by atoms with Crippen LogP contribution in [0.3, 0.4) is 0 Å². The van der Waals surface area contributed by atoms with Crippen LogP contribution in [0.2, 0.25) is 0 Å². The van der Waals surface area contributed by atoms with Crippen LogP contribution in [0.5, 0.6) is 0 Å². The summed E-state index contributed by atoms with van der Waals surface area (Å²) in [5.74, 6) is 0.427. The van der Waals surface area contributed by atoms with Crippen molar-refractivity contribution in [2.24, 2.45) is 5.92 Å². The quantitative estimate of drug-likeness (QED) is 0.904. The van der Waals surface area contributed by atoms with Crippen LogP contribution >= 0.6 is 15.9 Å². The van der Waals surface area contributed by atoms with E-state index in [2.05, 4.69) is 35.1 Å². The van der Waals surface area contributed by atoms with Crippen molar-refractivity contribution in [3.8, 4) is 0 Å². The van der Waals surface area contributed by atoms with E-state index in [-0.39, 0.29) is 18.0 Å². The van der Waals surface area contributed by atoms with Gasteiger partial charge in [0.2, 0.25) is 5.91 Å². The molecular weight excluding hydrogens is 296 g/mol. The molecule has 0 unspecified atom stereocenters. The van der Waals surface area contributed by atoms with E-state index in [1.165, 1.54) is 4.57 Å². The highest BCUT2D eigenvalue weighted by atomic mass is 79.9. The zero-order valence-corrected chi connectivity index (χ0v) is 12.6. The molecule has 0 aliphatic rings. The molecule has 0 fully saturated rings. The number of aryl methyl sites for hydroxylation is 1. The van der Waals surface area contributed by atoms with Crippen molar-refractivity contribution in [1.82, 2.24) is 9.88 Å². The highest BCUT2D eigenvalue weighted by molar-refractivity contribution is 9.10. The molecule has 100 valence electrons. The van der Waals surface area contributed by atoms with Gasteiger partial charge >= 0.3 is 0 Å². The van der Waals surface area contributed by atoms with E-state index in [1.54, 1.807) is 19.2 Å². The largest absolute Gasteiger partial charge is 0.355 e. The predicted molar refractivity (Wildman–Crippen MR) is 75.6 cm³/mol. The Morgan fingerprint density at radius 3 is 2.78 bits per heavy atom. The lowest BCUT2D eigenvalue weighted by Crippen LogP contribution is -2.33. The first-order valence-electron chi connectivity index (χ1n) is 6.03. The number of carbonyl (C=O) groups is 1. The van der Waals surface area contributed by atoms with Crippen LogP contribution in [0.1, 0.15) is 25.8 Å². The van der Waals surface area contributed by atoms with E-state index in [0.717, 1.165) is 10.9 Å². The van der Waals surface area contributed by atoms with Gasteiger partial charge in [0.25, 0.3) is 5.56 Å². The second kappa shape index (κ2) is 6.73. The molecule has 0 aromatic carbocycles. The van der Waals surface area contributed by atoms with Gasteiger partial charge in [-0.15, -0.1) is 0 Å². The van der Waals surface area contributed by atoms with Crippen molar-refractivity contribution in [2.75, 3.05) is 6.54 Å².